The summed E-state index contributed by atoms with van der Waals surface area (Å²) in [6.07, 6.45) is 1.86. The van der Waals surface area contributed by atoms with Crippen LogP contribution >= 0.6 is 0 Å². The Labute approximate surface area is 187 Å². The molecule has 0 unspecified atom stereocenters. The zero-order chi connectivity index (χ0) is 22.7. The first-order valence-electron chi connectivity index (χ1n) is 10.8. The molecule has 2 aliphatic rings. The molecule has 0 spiro atoms. The van der Waals surface area contributed by atoms with Crippen molar-refractivity contribution in [2.75, 3.05) is 25.0 Å². The van der Waals surface area contributed by atoms with Crippen molar-refractivity contribution in [1.82, 2.24) is 9.80 Å². The number of nitrogens with zero attached hydrogens (tertiary/aromatic N) is 2. The van der Waals surface area contributed by atoms with Crippen LogP contribution in [0.2, 0.25) is 0 Å². The first-order chi connectivity index (χ1) is 15.5. The first-order valence-corrected chi connectivity index (χ1v) is 10.8. The van der Waals surface area contributed by atoms with Gasteiger partial charge in [0.25, 0.3) is 0 Å². The van der Waals surface area contributed by atoms with E-state index in [-0.39, 0.29) is 37.1 Å². The van der Waals surface area contributed by atoms with Crippen LogP contribution in [0.4, 0.5) is 14.9 Å². The number of carbonyl (C=O) groups is 2. The van der Waals surface area contributed by atoms with Gasteiger partial charge in [-0.3, -0.25) is 4.79 Å². The summed E-state index contributed by atoms with van der Waals surface area (Å²) in [5.74, 6) is 5.53. The number of carbonyl (C=O) groups excluding carboxylic acids is 2. The fourth-order valence-corrected chi connectivity index (χ4v) is 4.50. The number of rotatable bonds is 4. The minimum absolute atomic E-state index is 0.0766. The lowest BCUT2D eigenvalue weighted by Gasteiger charge is -2.58. The minimum Gasteiger partial charge on any atom is -0.394 e. The van der Waals surface area contributed by atoms with Crippen LogP contribution in [0.1, 0.15) is 36.8 Å². The van der Waals surface area contributed by atoms with Crippen molar-refractivity contribution in [1.29, 1.82) is 0 Å². The lowest BCUT2D eigenvalue weighted by molar-refractivity contribution is -0.159. The zero-order valence-corrected chi connectivity index (χ0v) is 17.9. The SMILES string of the molecule is CCCC#Cc1ccc([C@H]2[C@H]3CN(C(=O)Nc4cccc(F)c4)CC(=O)N3[C@H]2CO)cc1. The molecule has 6 nitrogen and oxygen atoms in total. The van der Waals surface area contributed by atoms with Gasteiger partial charge in [0.15, 0.2) is 0 Å². The van der Waals surface area contributed by atoms with Crippen molar-refractivity contribution in [3.8, 4) is 11.8 Å². The Morgan fingerprint density at radius 1 is 1.25 bits per heavy atom. The highest BCUT2D eigenvalue weighted by Crippen LogP contribution is 2.43. The smallest absolute Gasteiger partial charge is 0.322 e. The molecule has 3 atom stereocenters. The highest BCUT2D eigenvalue weighted by atomic mass is 19.1. The average molecular weight is 435 g/mol. The summed E-state index contributed by atoms with van der Waals surface area (Å²) in [5.41, 5.74) is 2.27. The van der Waals surface area contributed by atoms with Gasteiger partial charge < -0.3 is 20.2 Å². The Morgan fingerprint density at radius 2 is 2.03 bits per heavy atom. The van der Waals surface area contributed by atoms with Gasteiger partial charge >= 0.3 is 6.03 Å². The Balaban J connectivity index is 1.49. The van der Waals surface area contributed by atoms with Gasteiger partial charge in [-0.1, -0.05) is 37.0 Å². The van der Waals surface area contributed by atoms with Crippen LogP contribution in [0.5, 0.6) is 0 Å². The van der Waals surface area contributed by atoms with Gasteiger partial charge in [-0.25, -0.2) is 9.18 Å². The van der Waals surface area contributed by atoms with Gasteiger partial charge in [0.2, 0.25) is 5.91 Å². The summed E-state index contributed by atoms with van der Waals surface area (Å²) in [4.78, 5) is 28.6. The number of unbranched alkanes of at least 4 members (excludes halogenated alkanes) is 1. The summed E-state index contributed by atoms with van der Waals surface area (Å²) >= 11 is 0. The Hall–Kier alpha value is -3.37. The van der Waals surface area contributed by atoms with E-state index in [1.165, 1.54) is 23.1 Å². The number of piperazine rings is 1. The highest BCUT2D eigenvalue weighted by molar-refractivity contribution is 5.93. The summed E-state index contributed by atoms with van der Waals surface area (Å²) in [6.45, 7) is 2.21. The molecule has 0 saturated carbocycles. The van der Waals surface area contributed by atoms with Gasteiger partial charge in [0.1, 0.15) is 12.4 Å². The predicted molar refractivity (Wildman–Crippen MR) is 119 cm³/mol. The molecule has 4 rings (SSSR count). The van der Waals surface area contributed by atoms with Crippen LogP contribution in [-0.4, -0.2) is 58.6 Å². The molecule has 7 heteroatoms. The molecule has 0 radical (unpaired) electrons. The number of aliphatic hydroxyl groups is 1. The third-order valence-electron chi connectivity index (χ3n) is 6.02. The molecule has 2 saturated heterocycles. The van der Waals surface area contributed by atoms with Crippen LogP contribution in [0.15, 0.2) is 48.5 Å². The van der Waals surface area contributed by atoms with Crippen molar-refractivity contribution in [2.24, 2.45) is 0 Å². The molecule has 0 aliphatic carbocycles. The van der Waals surface area contributed by atoms with Gasteiger partial charge in [-0.05, 0) is 42.3 Å². The average Bonchev–Trinajstić information content (AvgIpc) is 2.76. The molecule has 0 bridgehead atoms. The third kappa shape index (κ3) is 4.32. The standard InChI is InChI=1S/C25H26FN3O3/c1-2-3-4-6-17-9-11-18(12-10-17)24-21-14-28(15-23(31)29(21)22(24)16-30)25(32)27-20-8-5-7-19(26)13-20/h5,7-13,21-22,24,30H,2-3,14-16H2,1H3,(H,27,32)/t21-,22+,24+/m1/s1. The number of hydrogen-bond acceptors (Lipinski definition) is 3. The number of fused-ring (bicyclic) bond motifs is 1. The summed E-state index contributed by atoms with van der Waals surface area (Å²) < 4.78 is 13.4. The monoisotopic (exact) mass is 435 g/mol. The molecule has 2 N–H and O–H groups in total. The number of anilines is 1. The normalized spacial score (nSPS) is 21.8. The molecule has 2 aliphatic heterocycles. The Kier molecular flexibility index (Phi) is 6.42. The molecular weight excluding hydrogens is 409 g/mol. The minimum atomic E-state index is -0.448. The molecule has 166 valence electrons. The van der Waals surface area contributed by atoms with E-state index in [4.69, 9.17) is 0 Å². The second kappa shape index (κ2) is 9.41. The van der Waals surface area contributed by atoms with E-state index in [0.717, 1.165) is 24.0 Å². The maximum atomic E-state index is 13.4. The topological polar surface area (TPSA) is 72.9 Å². The van der Waals surface area contributed by atoms with E-state index in [2.05, 4.69) is 24.1 Å². The largest absolute Gasteiger partial charge is 0.394 e. The van der Waals surface area contributed by atoms with Gasteiger partial charge in [0, 0.05) is 30.1 Å². The van der Waals surface area contributed by atoms with Gasteiger partial charge in [0.05, 0.1) is 18.7 Å². The molecule has 2 aromatic rings. The molecule has 0 aromatic heterocycles. The quantitative estimate of drug-likeness (QED) is 0.725. The van der Waals surface area contributed by atoms with Crippen molar-refractivity contribution < 1.29 is 19.1 Å². The summed E-state index contributed by atoms with van der Waals surface area (Å²) in [6, 6.07) is 12.5. The van der Waals surface area contributed by atoms with Gasteiger partial charge in [-0.15, -0.1) is 0 Å². The number of urea groups is 1. The fraction of sp³-hybridized carbons (Fsp3) is 0.360. The van der Waals surface area contributed by atoms with Gasteiger partial charge in [-0.2, -0.15) is 0 Å². The van der Waals surface area contributed by atoms with E-state index in [0.29, 0.717) is 12.2 Å². The van der Waals surface area contributed by atoms with E-state index in [9.17, 15) is 19.1 Å². The molecular formula is C25H26FN3O3. The number of amides is 3. The maximum absolute atomic E-state index is 13.4. The summed E-state index contributed by atoms with van der Waals surface area (Å²) in [7, 11) is 0. The second-order valence-corrected chi connectivity index (χ2v) is 8.14. The molecule has 2 fully saturated rings. The number of aliphatic hydroxyl groups excluding tert-OH is 1. The zero-order valence-electron chi connectivity index (χ0n) is 17.9. The van der Waals surface area contributed by atoms with E-state index >= 15 is 0 Å². The number of halogens is 1. The van der Waals surface area contributed by atoms with Crippen LogP contribution < -0.4 is 5.32 Å². The molecule has 2 heterocycles. The number of nitrogens with one attached hydrogen (secondary N) is 1. The van der Waals surface area contributed by atoms with E-state index in [1.807, 2.05) is 24.3 Å². The second-order valence-electron chi connectivity index (χ2n) is 8.14. The van der Waals surface area contributed by atoms with E-state index < -0.39 is 11.8 Å². The molecule has 32 heavy (non-hydrogen) atoms. The van der Waals surface area contributed by atoms with Crippen molar-refractivity contribution >= 4 is 17.6 Å². The lowest BCUT2D eigenvalue weighted by Crippen LogP contribution is -2.73. The van der Waals surface area contributed by atoms with Crippen LogP contribution in [0.25, 0.3) is 0 Å². The predicted octanol–water partition coefficient (Wildman–Crippen LogP) is 3.18. The van der Waals surface area contributed by atoms with E-state index in [1.54, 1.807) is 11.0 Å². The Morgan fingerprint density at radius 3 is 2.72 bits per heavy atom. The van der Waals surface area contributed by atoms with Crippen molar-refractivity contribution in [2.45, 2.75) is 37.8 Å². The molecule has 3 amide bonds. The Bertz CT molecular complexity index is 1060. The van der Waals surface area contributed by atoms with Crippen molar-refractivity contribution in [3.63, 3.8) is 0 Å². The van der Waals surface area contributed by atoms with Crippen LogP contribution in [0.3, 0.4) is 0 Å². The van der Waals surface area contributed by atoms with Crippen LogP contribution in [0, 0.1) is 17.7 Å². The van der Waals surface area contributed by atoms with Crippen LogP contribution in [-0.2, 0) is 4.79 Å². The molecule has 2 aromatic carbocycles. The maximum Gasteiger partial charge on any atom is 0.322 e. The van der Waals surface area contributed by atoms with Crippen molar-refractivity contribution in [3.05, 3.63) is 65.5 Å². The number of hydrogen-bond donors (Lipinski definition) is 2. The third-order valence-corrected chi connectivity index (χ3v) is 6.02. The lowest BCUT2D eigenvalue weighted by atomic mass is 9.73. The number of benzene rings is 2. The fourth-order valence-electron chi connectivity index (χ4n) is 4.50. The first kappa shape index (κ1) is 21.8. The summed E-state index contributed by atoms with van der Waals surface area (Å²) in [5, 5.41) is 12.6. The highest BCUT2D eigenvalue weighted by Gasteiger charge is 2.54.